The third-order valence-corrected chi connectivity index (χ3v) is 6.51. The number of rotatable bonds is 3. The molecule has 2 unspecified atom stereocenters. The minimum absolute atomic E-state index is 0.221. The predicted octanol–water partition coefficient (Wildman–Crippen LogP) is 2.60. The van der Waals surface area contributed by atoms with Crippen molar-refractivity contribution in [3.63, 3.8) is 0 Å². The number of aryl methyl sites for hydroxylation is 1. The number of piperidine rings is 1. The minimum Gasteiger partial charge on any atom is -0.350 e. The van der Waals surface area contributed by atoms with E-state index < -0.39 is 10.1 Å². The maximum atomic E-state index is 11.5. The number of fused-ring (bicyclic) bond motifs is 5. The Labute approximate surface area is 158 Å². The molecule has 3 aromatic rings. The van der Waals surface area contributed by atoms with E-state index in [1.807, 2.05) is 19.3 Å². The smallest absolute Gasteiger partial charge is 0.264 e. The number of aromatic nitrogens is 3. The highest BCUT2D eigenvalue weighted by Crippen LogP contribution is 2.40. The van der Waals surface area contributed by atoms with Crippen molar-refractivity contribution in [3.8, 4) is 0 Å². The van der Waals surface area contributed by atoms with Crippen LogP contribution in [0.2, 0.25) is 0 Å². The van der Waals surface area contributed by atoms with Crippen molar-refractivity contribution in [2.45, 2.75) is 43.9 Å². The van der Waals surface area contributed by atoms with Gasteiger partial charge in [0.2, 0.25) is 0 Å². The van der Waals surface area contributed by atoms with E-state index in [1.165, 1.54) is 0 Å². The number of pyridine rings is 2. The van der Waals surface area contributed by atoms with E-state index in [-0.39, 0.29) is 18.2 Å². The largest absolute Gasteiger partial charge is 0.350 e. The monoisotopic (exact) mass is 386 g/mol. The Morgan fingerprint density at radius 2 is 1.85 bits per heavy atom. The van der Waals surface area contributed by atoms with Crippen LogP contribution in [0.25, 0.3) is 21.9 Å². The average molecular weight is 386 g/mol. The van der Waals surface area contributed by atoms with Gasteiger partial charge in [-0.15, -0.1) is 0 Å². The van der Waals surface area contributed by atoms with Crippen molar-refractivity contribution in [1.82, 2.24) is 14.5 Å². The molecule has 2 saturated heterocycles. The quantitative estimate of drug-likeness (QED) is 0.644. The van der Waals surface area contributed by atoms with Gasteiger partial charge in [0.1, 0.15) is 11.5 Å². The maximum Gasteiger partial charge on any atom is 0.264 e. The summed E-state index contributed by atoms with van der Waals surface area (Å²) < 4.78 is 30.4. The van der Waals surface area contributed by atoms with E-state index in [0.717, 1.165) is 59.7 Å². The van der Waals surface area contributed by atoms with Crippen LogP contribution in [0.15, 0.2) is 30.6 Å². The Balaban J connectivity index is 1.51. The molecule has 8 heteroatoms. The van der Waals surface area contributed by atoms with Gasteiger partial charge in [-0.2, -0.15) is 8.42 Å². The normalized spacial score (nSPS) is 25.6. The molecule has 0 aromatic carbocycles. The molecule has 2 bridgehead atoms. The molecule has 2 aliphatic rings. The van der Waals surface area contributed by atoms with Gasteiger partial charge in [0, 0.05) is 42.3 Å². The zero-order valence-corrected chi connectivity index (χ0v) is 16.2. The van der Waals surface area contributed by atoms with Crippen molar-refractivity contribution < 1.29 is 12.6 Å². The van der Waals surface area contributed by atoms with Gasteiger partial charge < -0.3 is 9.47 Å². The highest BCUT2D eigenvalue weighted by atomic mass is 32.2. The molecule has 27 heavy (non-hydrogen) atoms. The van der Waals surface area contributed by atoms with Crippen LogP contribution < -0.4 is 4.90 Å². The highest BCUT2D eigenvalue weighted by Gasteiger charge is 2.42. The molecule has 3 aromatic heterocycles. The van der Waals surface area contributed by atoms with Crippen molar-refractivity contribution in [2.75, 3.05) is 11.2 Å². The molecule has 2 atom stereocenters. The molecule has 142 valence electrons. The summed E-state index contributed by atoms with van der Waals surface area (Å²) in [6, 6.07) is 6.76. The Morgan fingerprint density at radius 1 is 1.11 bits per heavy atom. The van der Waals surface area contributed by atoms with E-state index in [9.17, 15) is 8.42 Å². The van der Waals surface area contributed by atoms with Crippen LogP contribution in [0.4, 0.5) is 5.82 Å². The van der Waals surface area contributed by atoms with Gasteiger partial charge in [-0.05, 0) is 43.9 Å². The molecule has 0 radical (unpaired) electrons. The topological polar surface area (TPSA) is 77.3 Å². The van der Waals surface area contributed by atoms with E-state index >= 15 is 0 Å². The fourth-order valence-corrected chi connectivity index (χ4v) is 5.53. The van der Waals surface area contributed by atoms with Crippen molar-refractivity contribution in [3.05, 3.63) is 30.6 Å². The van der Waals surface area contributed by atoms with Crippen molar-refractivity contribution >= 4 is 37.9 Å². The summed E-state index contributed by atoms with van der Waals surface area (Å²) in [4.78, 5) is 11.6. The van der Waals surface area contributed by atoms with E-state index in [4.69, 9.17) is 9.17 Å². The van der Waals surface area contributed by atoms with E-state index in [1.54, 1.807) is 6.20 Å². The van der Waals surface area contributed by atoms with E-state index in [2.05, 4.69) is 26.6 Å². The van der Waals surface area contributed by atoms with Gasteiger partial charge in [0.05, 0.1) is 17.9 Å². The molecule has 2 aliphatic heterocycles. The molecule has 2 fully saturated rings. The minimum atomic E-state index is -3.42. The van der Waals surface area contributed by atoms with Crippen LogP contribution >= 0.6 is 0 Å². The number of hydrogen-bond donors (Lipinski definition) is 0. The van der Waals surface area contributed by atoms with Crippen LogP contribution in [0.1, 0.15) is 25.7 Å². The lowest BCUT2D eigenvalue weighted by molar-refractivity contribution is 0.159. The summed E-state index contributed by atoms with van der Waals surface area (Å²) in [5, 5.41) is 2.21. The SMILES string of the molecule is Cn1c2ccncc2c2ccc(N3C4CCC3CC(OS(C)(=O)=O)C4)nc21. The second-order valence-electron chi connectivity index (χ2n) is 7.68. The fraction of sp³-hybridized carbons (Fsp3) is 0.474. The molecule has 5 heterocycles. The van der Waals surface area contributed by atoms with Crippen LogP contribution in [-0.4, -0.2) is 47.4 Å². The van der Waals surface area contributed by atoms with Gasteiger partial charge in [0.15, 0.2) is 0 Å². The summed E-state index contributed by atoms with van der Waals surface area (Å²) in [6.07, 6.45) is 8.14. The lowest BCUT2D eigenvalue weighted by atomic mass is 10.00. The van der Waals surface area contributed by atoms with Crippen LogP contribution in [0, 0.1) is 0 Å². The molecular formula is C19H22N4O3S. The third kappa shape index (κ3) is 2.78. The second-order valence-corrected chi connectivity index (χ2v) is 9.28. The fourth-order valence-electron chi connectivity index (χ4n) is 4.88. The van der Waals surface area contributed by atoms with Crippen LogP contribution in [0.5, 0.6) is 0 Å². The lowest BCUT2D eigenvalue weighted by Gasteiger charge is -2.39. The zero-order chi connectivity index (χ0) is 18.8. The summed E-state index contributed by atoms with van der Waals surface area (Å²) in [5.74, 6) is 0.965. The van der Waals surface area contributed by atoms with Gasteiger partial charge in [-0.3, -0.25) is 9.17 Å². The molecule has 0 spiro atoms. The lowest BCUT2D eigenvalue weighted by Crippen LogP contribution is -2.46. The van der Waals surface area contributed by atoms with E-state index in [0.29, 0.717) is 0 Å². The van der Waals surface area contributed by atoms with Crippen LogP contribution in [-0.2, 0) is 21.3 Å². The Morgan fingerprint density at radius 3 is 2.56 bits per heavy atom. The first-order valence-electron chi connectivity index (χ1n) is 9.26. The Hall–Kier alpha value is -2.19. The molecule has 0 amide bonds. The first-order valence-corrected chi connectivity index (χ1v) is 11.1. The maximum absolute atomic E-state index is 11.5. The first-order chi connectivity index (χ1) is 12.9. The van der Waals surface area contributed by atoms with Crippen molar-refractivity contribution in [1.29, 1.82) is 0 Å². The van der Waals surface area contributed by atoms with Gasteiger partial charge >= 0.3 is 0 Å². The standard InChI is InChI=1S/C19H22N4O3S/c1-22-17-7-8-20-11-16(17)15-5-6-18(21-19(15)22)23-12-3-4-13(23)10-14(9-12)26-27(2,24)25/h5-8,11-14H,3-4,9-10H2,1-2H3. The average Bonchev–Trinajstić information content (AvgIpc) is 3.06. The number of hydrogen-bond acceptors (Lipinski definition) is 6. The predicted molar refractivity (Wildman–Crippen MR) is 104 cm³/mol. The highest BCUT2D eigenvalue weighted by molar-refractivity contribution is 7.86. The Bertz CT molecular complexity index is 1130. The van der Waals surface area contributed by atoms with Crippen LogP contribution in [0.3, 0.4) is 0 Å². The molecule has 0 saturated carbocycles. The zero-order valence-electron chi connectivity index (χ0n) is 15.4. The van der Waals surface area contributed by atoms with Gasteiger partial charge in [-0.1, -0.05) is 0 Å². The third-order valence-electron chi connectivity index (χ3n) is 5.89. The summed E-state index contributed by atoms with van der Waals surface area (Å²) in [5.41, 5.74) is 2.07. The van der Waals surface area contributed by atoms with Crippen molar-refractivity contribution in [2.24, 2.45) is 7.05 Å². The molecule has 0 N–H and O–H groups in total. The molecule has 7 nitrogen and oxygen atoms in total. The van der Waals surface area contributed by atoms with Gasteiger partial charge in [-0.25, -0.2) is 4.98 Å². The molecule has 5 rings (SSSR count). The molecular weight excluding hydrogens is 364 g/mol. The summed E-state index contributed by atoms with van der Waals surface area (Å²) in [7, 11) is -1.39. The summed E-state index contributed by atoms with van der Waals surface area (Å²) >= 11 is 0. The summed E-state index contributed by atoms with van der Waals surface area (Å²) in [6.45, 7) is 0. The number of anilines is 1. The Kier molecular flexibility index (Phi) is 3.70. The molecule has 0 aliphatic carbocycles. The second kappa shape index (κ2) is 5.90. The number of nitrogens with zero attached hydrogens (tertiary/aromatic N) is 4. The van der Waals surface area contributed by atoms with Gasteiger partial charge in [0.25, 0.3) is 10.1 Å². The first kappa shape index (κ1) is 16.9.